The molecule has 0 aliphatic rings. The largest absolute Gasteiger partial charge is 0.438 e. The van der Waals surface area contributed by atoms with Crippen molar-refractivity contribution in [2.24, 2.45) is 0 Å². The van der Waals surface area contributed by atoms with Crippen LogP contribution in [-0.4, -0.2) is 0 Å². The van der Waals surface area contributed by atoms with Crippen molar-refractivity contribution in [1.82, 2.24) is 0 Å². The maximum atomic E-state index is 5.12. The third-order valence-electron chi connectivity index (χ3n) is 0.269. The normalized spacial score (nSPS) is 7.14. The Morgan fingerprint density at radius 1 is 1.29 bits per heavy atom. The van der Waals surface area contributed by atoms with Gasteiger partial charge in [-0.2, -0.15) is 0 Å². The molecule has 4 heteroatoms. The van der Waals surface area contributed by atoms with Crippen LogP contribution in [0.5, 0.6) is 0 Å². The van der Waals surface area contributed by atoms with Crippen LogP contribution in [0, 0.1) is 6.57 Å². The third-order valence-corrected chi connectivity index (χ3v) is 1.11. The Kier molecular flexibility index (Phi) is 3.19. The van der Waals surface area contributed by atoms with Crippen LogP contribution >= 0.6 is 34.8 Å². The van der Waals surface area contributed by atoms with E-state index in [0.717, 1.165) is 0 Å². The standard InChI is InChI=1S/C3HCl3N/c1-7-3(6)2(4)5/h1H/q+1. The van der Waals surface area contributed by atoms with Gasteiger partial charge < -0.3 is 0 Å². The van der Waals surface area contributed by atoms with Crippen molar-refractivity contribution in [3.63, 3.8) is 0 Å². The molecule has 0 unspecified atom stereocenters. The highest BCUT2D eigenvalue weighted by Gasteiger charge is 2.04. The first-order valence-corrected chi connectivity index (χ1v) is 2.43. The number of hydrogen-bond donors (Lipinski definition) is 0. The Hall–Kier alpha value is 0.1000. The average Bonchev–Trinajstić information content (AvgIpc) is 1.65. The van der Waals surface area contributed by atoms with Crippen LogP contribution in [-0.2, 0) is 0 Å². The Morgan fingerprint density at radius 3 is 1.71 bits per heavy atom. The van der Waals surface area contributed by atoms with E-state index in [1.54, 1.807) is 0 Å². The molecule has 0 radical (unpaired) electrons. The van der Waals surface area contributed by atoms with Crippen LogP contribution in [0.15, 0.2) is 9.65 Å². The molecular formula is C3HCl3N+. The molecule has 0 saturated carbocycles. The summed E-state index contributed by atoms with van der Waals surface area (Å²) in [6.45, 7) is 4.64. The summed E-state index contributed by atoms with van der Waals surface area (Å²) in [6, 6.07) is 0. The molecule has 0 bridgehead atoms. The first kappa shape index (κ1) is 7.10. The lowest BCUT2D eigenvalue weighted by molar-refractivity contribution is 1.96. The lowest BCUT2D eigenvalue weighted by Gasteiger charge is -1.66. The van der Waals surface area contributed by atoms with E-state index in [2.05, 4.69) is 11.4 Å². The maximum absolute atomic E-state index is 5.12. The van der Waals surface area contributed by atoms with Gasteiger partial charge in [-0.25, -0.2) is 0 Å². The van der Waals surface area contributed by atoms with E-state index < -0.39 is 0 Å². The Labute approximate surface area is 56.3 Å². The minimum atomic E-state index is -0.121. The van der Waals surface area contributed by atoms with Gasteiger partial charge in [0, 0.05) is 11.6 Å². The highest BCUT2D eigenvalue weighted by Crippen LogP contribution is 2.17. The van der Waals surface area contributed by atoms with Crippen molar-refractivity contribution in [2.45, 2.75) is 0 Å². The van der Waals surface area contributed by atoms with Crippen LogP contribution in [0.4, 0.5) is 0 Å². The number of rotatable bonds is 0. The lowest BCUT2D eigenvalue weighted by atomic mass is 11.0. The average molecular weight is 157 g/mol. The molecule has 0 heterocycles. The quantitative estimate of drug-likeness (QED) is 0.476. The second-order valence-corrected chi connectivity index (χ2v) is 1.99. The summed E-state index contributed by atoms with van der Waals surface area (Å²) in [6.07, 6.45) is 0. The van der Waals surface area contributed by atoms with Gasteiger partial charge in [-0.15, -0.1) is 0 Å². The summed E-state index contributed by atoms with van der Waals surface area (Å²) < 4.78 is -0.121. The smallest absolute Gasteiger partial charge is 0.0612 e. The zero-order valence-electron chi connectivity index (χ0n) is 3.16. The first-order valence-electron chi connectivity index (χ1n) is 1.30. The molecule has 0 fully saturated rings. The summed E-state index contributed by atoms with van der Waals surface area (Å²) in [5.41, 5.74) is 0. The molecule has 0 N–H and O–H groups in total. The van der Waals surface area contributed by atoms with Crippen LogP contribution in [0.1, 0.15) is 0 Å². The maximum Gasteiger partial charge on any atom is 0.438 e. The van der Waals surface area contributed by atoms with Crippen LogP contribution in [0.2, 0.25) is 0 Å². The topological polar surface area (TPSA) is 4.36 Å². The Bertz CT molecular complexity index is 128. The van der Waals surface area contributed by atoms with Crippen molar-refractivity contribution < 1.29 is 0 Å². The predicted molar refractivity (Wildman–Crippen MR) is 32.9 cm³/mol. The zero-order chi connectivity index (χ0) is 5.86. The summed E-state index contributed by atoms with van der Waals surface area (Å²) in [7, 11) is 0. The third kappa shape index (κ3) is 2.76. The van der Waals surface area contributed by atoms with Gasteiger partial charge in [0.1, 0.15) is 0 Å². The molecule has 0 aliphatic heterocycles. The van der Waals surface area contributed by atoms with Crippen molar-refractivity contribution >= 4 is 34.8 Å². The molecule has 0 aromatic rings. The monoisotopic (exact) mass is 156 g/mol. The van der Waals surface area contributed by atoms with Crippen molar-refractivity contribution in [1.29, 1.82) is 0 Å². The van der Waals surface area contributed by atoms with Gasteiger partial charge in [0.05, 0.1) is 0 Å². The molecule has 0 rings (SSSR count). The molecule has 0 amide bonds. The van der Waals surface area contributed by atoms with Crippen LogP contribution in [0.25, 0.3) is 4.85 Å². The summed E-state index contributed by atoms with van der Waals surface area (Å²) in [5, 5.41) is -0.0802. The van der Waals surface area contributed by atoms with Gasteiger partial charge in [0.25, 0.3) is 6.57 Å². The number of nitrogens with zero attached hydrogens (tertiary/aromatic N) is 1. The highest BCUT2D eigenvalue weighted by molar-refractivity contribution is 6.59. The molecule has 38 valence electrons. The van der Waals surface area contributed by atoms with Crippen molar-refractivity contribution in [3.8, 4) is 6.57 Å². The van der Waals surface area contributed by atoms with E-state index in [4.69, 9.17) is 34.8 Å². The SMILES string of the molecule is C#[N+]C(Cl)=C(Cl)Cl. The number of halogens is 3. The van der Waals surface area contributed by atoms with Gasteiger partial charge in [-0.05, 0) is 4.85 Å². The molecule has 7 heavy (non-hydrogen) atoms. The van der Waals surface area contributed by atoms with E-state index in [-0.39, 0.29) is 9.65 Å². The zero-order valence-corrected chi connectivity index (χ0v) is 5.43. The molecule has 1 nitrogen and oxygen atoms in total. The fraction of sp³-hybridized carbons (Fsp3) is 0. The molecule has 0 aromatic carbocycles. The molecule has 0 atom stereocenters. The fourth-order valence-electron chi connectivity index (χ4n) is 0.0488. The van der Waals surface area contributed by atoms with E-state index in [0.29, 0.717) is 0 Å². The second-order valence-electron chi connectivity index (χ2n) is 0.680. The van der Waals surface area contributed by atoms with Crippen LogP contribution < -0.4 is 0 Å². The minimum absolute atomic E-state index is 0.0802. The van der Waals surface area contributed by atoms with Gasteiger partial charge in [-0.3, -0.25) is 0 Å². The fourth-order valence-corrected chi connectivity index (χ4v) is 0.146. The van der Waals surface area contributed by atoms with Crippen molar-refractivity contribution in [2.75, 3.05) is 0 Å². The van der Waals surface area contributed by atoms with E-state index >= 15 is 0 Å². The predicted octanol–water partition coefficient (Wildman–Crippen LogP) is 2.79. The van der Waals surface area contributed by atoms with Crippen molar-refractivity contribution in [3.05, 3.63) is 14.5 Å². The lowest BCUT2D eigenvalue weighted by Crippen LogP contribution is -1.54. The van der Waals surface area contributed by atoms with Gasteiger partial charge in [0.15, 0.2) is 0 Å². The molecular weight excluding hydrogens is 156 g/mol. The minimum Gasteiger partial charge on any atom is -0.0612 e. The van der Waals surface area contributed by atoms with Crippen LogP contribution in [0.3, 0.4) is 0 Å². The Morgan fingerprint density at radius 2 is 1.71 bits per heavy atom. The Balaban J connectivity index is 4.07. The van der Waals surface area contributed by atoms with E-state index in [1.165, 1.54) is 0 Å². The van der Waals surface area contributed by atoms with E-state index in [1.807, 2.05) is 0 Å². The molecule has 0 saturated heterocycles. The summed E-state index contributed by atoms with van der Waals surface area (Å²) in [5.74, 6) is 0. The molecule has 0 aliphatic carbocycles. The molecule has 0 spiro atoms. The highest BCUT2D eigenvalue weighted by atomic mass is 35.5. The van der Waals surface area contributed by atoms with Gasteiger partial charge >= 0.3 is 5.16 Å². The van der Waals surface area contributed by atoms with Gasteiger partial charge in [0.2, 0.25) is 4.49 Å². The summed E-state index contributed by atoms with van der Waals surface area (Å²) >= 11 is 15.3. The second kappa shape index (κ2) is 3.15. The first-order chi connectivity index (χ1) is 3.18. The van der Waals surface area contributed by atoms with E-state index in [9.17, 15) is 0 Å². The molecule has 0 aromatic heterocycles. The number of hydrogen-bond acceptors (Lipinski definition) is 0. The summed E-state index contributed by atoms with van der Waals surface area (Å²) in [4.78, 5) is 2.97. The van der Waals surface area contributed by atoms with Gasteiger partial charge in [-0.1, -0.05) is 23.2 Å².